The Morgan fingerprint density at radius 3 is 1.71 bits per heavy atom. The molecule has 196 valence electrons. The number of rotatable bonds is 7. The fourth-order valence-electron chi connectivity index (χ4n) is 2.77. The van der Waals surface area contributed by atoms with Gasteiger partial charge in [-0.25, -0.2) is 0 Å². The van der Waals surface area contributed by atoms with Crippen LogP contribution in [0.3, 0.4) is 0 Å². The zero-order valence-electron chi connectivity index (χ0n) is 20.4. The van der Waals surface area contributed by atoms with Crippen LogP contribution in [0.5, 0.6) is 0 Å². The van der Waals surface area contributed by atoms with E-state index < -0.39 is 66.6 Å². The molecule has 3 unspecified atom stereocenters. The maximum absolute atomic E-state index is 11.9. The molecule has 1 aliphatic rings. The molecular formula is C20H32Cl3NO9Si. The summed E-state index contributed by atoms with van der Waals surface area (Å²) >= 11 is 17.2. The van der Waals surface area contributed by atoms with Crippen LogP contribution in [-0.4, -0.2) is 73.2 Å². The molecular weight excluding hydrogens is 533 g/mol. The van der Waals surface area contributed by atoms with Gasteiger partial charge in [-0.2, -0.15) is 0 Å². The van der Waals surface area contributed by atoms with Gasteiger partial charge in [0, 0.05) is 20.8 Å². The number of hydrogen-bond donors (Lipinski definition) is 1. The lowest BCUT2D eigenvalue weighted by Gasteiger charge is -2.45. The lowest BCUT2D eigenvalue weighted by molar-refractivity contribution is -0.290. The first-order valence-corrected chi connectivity index (χ1v) is 14.4. The zero-order chi connectivity index (χ0) is 26.6. The second-order valence-corrected chi connectivity index (χ2v) is 16.4. The van der Waals surface area contributed by atoms with E-state index in [9.17, 15) is 14.4 Å². The summed E-state index contributed by atoms with van der Waals surface area (Å²) in [4.78, 5) is 35.6. The molecule has 1 heterocycles. The van der Waals surface area contributed by atoms with Crippen LogP contribution in [0.2, 0.25) is 18.1 Å². The van der Waals surface area contributed by atoms with E-state index in [1.54, 1.807) is 0 Å². The van der Waals surface area contributed by atoms with E-state index >= 15 is 0 Å². The summed E-state index contributed by atoms with van der Waals surface area (Å²) in [7, 11) is -2.30. The minimum atomic E-state index is -2.30. The van der Waals surface area contributed by atoms with Crippen LogP contribution in [0.1, 0.15) is 41.5 Å². The molecule has 0 aromatic heterocycles. The highest BCUT2D eigenvalue weighted by Crippen LogP contribution is 2.38. The third-order valence-corrected chi connectivity index (χ3v) is 10.4. The predicted molar refractivity (Wildman–Crippen MR) is 128 cm³/mol. The van der Waals surface area contributed by atoms with Crippen molar-refractivity contribution in [2.45, 2.75) is 94.2 Å². The monoisotopic (exact) mass is 563 g/mol. The Morgan fingerprint density at radius 2 is 1.29 bits per heavy atom. The molecule has 0 spiro atoms. The van der Waals surface area contributed by atoms with Gasteiger partial charge < -0.3 is 28.1 Å². The van der Waals surface area contributed by atoms with Crippen LogP contribution in [0.15, 0.2) is 0 Å². The van der Waals surface area contributed by atoms with Crippen molar-refractivity contribution in [3.63, 3.8) is 0 Å². The van der Waals surface area contributed by atoms with Crippen molar-refractivity contribution in [3.8, 4) is 0 Å². The van der Waals surface area contributed by atoms with Crippen molar-refractivity contribution in [2.75, 3.05) is 6.61 Å². The molecule has 1 saturated heterocycles. The average Bonchev–Trinajstić information content (AvgIpc) is 2.62. The molecule has 0 amide bonds. The number of alkyl halides is 3. The Hall–Kier alpha value is -1.11. The summed E-state index contributed by atoms with van der Waals surface area (Å²) < 4.78 is 31.3. The first-order valence-electron chi connectivity index (χ1n) is 10.4. The molecule has 0 radical (unpaired) electrons. The van der Waals surface area contributed by atoms with Crippen LogP contribution >= 0.6 is 34.8 Å². The Labute approximate surface area is 215 Å². The zero-order valence-corrected chi connectivity index (χ0v) is 23.7. The Morgan fingerprint density at radius 1 is 0.853 bits per heavy atom. The molecule has 0 aliphatic carbocycles. The van der Waals surface area contributed by atoms with Crippen LogP contribution in [-0.2, 0) is 42.5 Å². The maximum Gasteiger partial charge on any atom is 0.303 e. The van der Waals surface area contributed by atoms with Gasteiger partial charge in [-0.1, -0.05) is 55.6 Å². The highest BCUT2D eigenvalue weighted by Gasteiger charge is 2.54. The molecule has 1 N–H and O–H groups in total. The molecule has 5 atom stereocenters. The van der Waals surface area contributed by atoms with E-state index in [1.165, 1.54) is 6.92 Å². The van der Waals surface area contributed by atoms with E-state index in [0.29, 0.717) is 0 Å². The van der Waals surface area contributed by atoms with Crippen molar-refractivity contribution in [1.29, 1.82) is 5.41 Å². The summed E-state index contributed by atoms with van der Waals surface area (Å²) in [6.07, 6.45) is -6.63. The molecule has 0 aromatic rings. The Balaban J connectivity index is 3.45. The van der Waals surface area contributed by atoms with Gasteiger partial charge in [0.25, 0.3) is 3.79 Å². The van der Waals surface area contributed by atoms with Crippen LogP contribution in [0.4, 0.5) is 0 Å². The SMILES string of the molecule is CC(=O)OC1C(OC(C)=O)[C@H](OC(C)=O)C(CO[Si](C)(C)C(C)(C)C)O[C@@H]1OC(=N)C(Cl)(Cl)Cl. The van der Waals surface area contributed by atoms with Crippen molar-refractivity contribution >= 4 is 66.9 Å². The van der Waals surface area contributed by atoms with Crippen molar-refractivity contribution < 1.29 is 42.5 Å². The fourth-order valence-corrected chi connectivity index (χ4v) is 3.92. The number of carbonyl (C=O) groups excluding carboxylic acids is 3. The van der Waals surface area contributed by atoms with E-state index in [1.807, 2.05) is 33.9 Å². The smallest absolute Gasteiger partial charge is 0.303 e. The number of esters is 3. The van der Waals surface area contributed by atoms with Crippen LogP contribution in [0, 0.1) is 5.41 Å². The summed E-state index contributed by atoms with van der Waals surface area (Å²) in [6.45, 7) is 13.5. The van der Waals surface area contributed by atoms with Gasteiger partial charge in [-0.3, -0.25) is 19.8 Å². The highest BCUT2D eigenvalue weighted by molar-refractivity contribution is 6.76. The van der Waals surface area contributed by atoms with E-state index in [0.717, 1.165) is 13.8 Å². The van der Waals surface area contributed by atoms with Crippen molar-refractivity contribution in [2.24, 2.45) is 0 Å². The number of carbonyl (C=O) groups is 3. The predicted octanol–water partition coefficient (Wildman–Crippen LogP) is 3.89. The second kappa shape index (κ2) is 11.7. The number of ether oxygens (including phenoxy) is 5. The number of nitrogens with one attached hydrogen (secondary N) is 1. The largest absolute Gasteiger partial charge is 0.456 e. The quantitative estimate of drug-likeness (QED) is 0.122. The molecule has 1 rings (SSSR count). The van der Waals surface area contributed by atoms with Gasteiger partial charge >= 0.3 is 17.9 Å². The minimum absolute atomic E-state index is 0.0834. The molecule has 0 aromatic carbocycles. The lowest BCUT2D eigenvalue weighted by atomic mass is 9.98. The topological polar surface area (TPSA) is 130 Å². The summed E-state index contributed by atoms with van der Waals surface area (Å²) in [6, 6.07) is 0. The van der Waals surface area contributed by atoms with E-state index in [4.69, 9.17) is 68.3 Å². The second-order valence-electron chi connectivity index (χ2n) is 9.28. The number of halogens is 3. The van der Waals surface area contributed by atoms with E-state index in [2.05, 4.69) is 0 Å². The molecule has 1 aliphatic heterocycles. The summed E-state index contributed by atoms with van der Waals surface area (Å²) in [5.41, 5.74) is 0. The Kier molecular flexibility index (Phi) is 10.7. The number of hydrogen-bond acceptors (Lipinski definition) is 10. The van der Waals surface area contributed by atoms with Gasteiger partial charge in [0.15, 0.2) is 20.5 Å². The van der Waals surface area contributed by atoms with Gasteiger partial charge in [-0.15, -0.1) is 0 Å². The van der Waals surface area contributed by atoms with Crippen molar-refractivity contribution in [3.05, 3.63) is 0 Å². The average molecular weight is 565 g/mol. The molecule has 1 fully saturated rings. The first kappa shape index (κ1) is 30.9. The minimum Gasteiger partial charge on any atom is -0.456 e. The van der Waals surface area contributed by atoms with Crippen LogP contribution in [0.25, 0.3) is 0 Å². The molecule has 34 heavy (non-hydrogen) atoms. The standard InChI is InChI=1S/C20H32Cl3NO9Si/c1-10(25)29-14-13(9-28-34(7,8)19(4,5)6)32-17(33-18(24)20(21,22)23)16(31-12(3)27)15(14)30-11(2)26/h13-17,24H,9H2,1-8H3/t13?,14-,15?,16?,17-/m1/s1. The first-order chi connectivity index (χ1) is 15.3. The lowest BCUT2D eigenvalue weighted by Crippen LogP contribution is -2.63. The molecule has 10 nitrogen and oxygen atoms in total. The van der Waals surface area contributed by atoms with Gasteiger partial charge in [0.2, 0.25) is 18.3 Å². The van der Waals surface area contributed by atoms with Gasteiger partial charge in [-0.05, 0) is 18.1 Å². The molecule has 0 saturated carbocycles. The third-order valence-electron chi connectivity index (χ3n) is 5.40. The third kappa shape index (κ3) is 8.83. The normalized spacial score (nSPS) is 25.8. The van der Waals surface area contributed by atoms with E-state index in [-0.39, 0.29) is 11.6 Å². The van der Waals surface area contributed by atoms with Gasteiger partial charge in [0.1, 0.15) is 6.10 Å². The molecule has 0 bridgehead atoms. The van der Waals surface area contributed by atoms with Gasteiger partial charge in [0.05, 0.1) is 6.61 Å². The Bertz CT molecular complexity index is 782. The summed E-state index contributed by atoms with van der Waals surface area (Å²) in [5.74, 6) is -3.05. The summed E-state index contributed by atoms with van der Waals surface area (Å²) in [5, 5.41) is 7.76. The molecule has 14 heteroatoms. The van der Waals surface area contributed by atoms with Crippen LogP contribution < -0.4 is 0 Å². The van der Waals surface area contributed by atoms with Crippen molar-refractivity contribution in [1.82, 2.24) is 0 Å². The highest BCUT2D eigenvalue weighted by atomic mass is 35.6. The maximum atomic E-state index is 11.9. The fraction of sp³-hybridized carbons (Fsp3) is 0.800.